The molecule has 0 saturated heterocycles. The normalized spacial score (nSPS) is 11.3. The molecule has 0 atom stereocenters. The molecule has 0 fully saturated rings. The average Bonchev–Trinajstić information content (AvgIpc) is 2.82. The van der Waals surface area contributed by atoms with E-state index in [-0.39, 0.29) is 0 Å². The molecule has 9 nitrogen and oxygen atoms in total. The predicted molar refractivity (Wildman–Crippen MR) is 157 cm³/mol. The van der Waals surface area contributed by atoms with Gasteiger partial charge in [-0.05, 0) is 90.5 Å². The van der Waals surface area contributed by atoms with Crippen molar-refractivity contribution in [3.8, 4) is 0 Å². The van der Waals surface area contributed by atoms with Crippen LogP contribution >= 0.6 is 34.8 Å². The predicted octanol–water partition coefficient (Wildman–Crippen LogP) is 5.61. The molecule has 12 heteroatoms. The Morgan fingerprint density at radius 2 is 1.19 bits per heavy atom. The monoisotopic (exact) mass is 565 g/mol. The van der Waals surface area contributed by atoms with Gasteiger partial charge in [0.1, 0.15) is 0 Å². The van der Waals surface area contributed by atoms with Gasteiger partial charge in [-0.2, -0.15) is 15.0 Å². The minimum absolute atomic E-state index is 0.322. The first-order valence-corrected chi connectivity index (χ1v) is 13.1. The molecule has 3 rings (SSSR count). The fourth-order valence-corrected chi connectivity index (χ4v) is 4.15. The standard InChI is InChI=1S/C25H34Cl3N9/c1-35(2)11-5-13-37(14-6-12-36(3)4)25-33-23(30-18-9-7-17(26)8-10-18)32-24(34-25)31-19-15-20(27)22(29)21(28)16-19/h7-10,15-16H,5-6,11-14,29H2,1-4H3,(H2,30,31,32,33,34). The largest absolute Gasteiger partial charge is 0.396 e. The number of hydrogen-bond donors (Lipinski definition) is 3. The number of anilines is 6. The summed E-state index contributed by atoms with van der Waals surface area (Å²) in [4.78, 5) is 20.6. The number of nitrogens with two attached hydrogens (primary N) is 1. The lowest BCUT2D eigenvalue weighted by Gasteiger charge is -2.25. The molecule has 0 amide bonds. The van der Waals surface area contributed by atoms with Crippen LogP contribution in [0.25, 0.3) is 0 Å². The first-order valence-electron chi connectivity index (χ1n) is 12.0. The van der Waals surface area contributed by atoms with Gasteiger partial charge in [0.25, 0.3) is 0 Å². The van der Waals surface area contributed by atoms with Crippen LogP contribution in [0.1, 0.15) is 12.8 Å². The van der Waals surface area contributed by atoms with E-state index < -0.39 is 0 Å². The number of halogens is 3. The number of nitrogens with one attached hydrogen (secondary N) is 2. The first kappa shape index (κ1) is 29.0. The highest BCUT2D eigenvalue weighted by molar-refractivity contribution is 6.39. The van der Waals surface area contributed by atoms with Gasteiger partial charge < -0.3 is 31.1 Å². The van der Waals surface area contributed by atoms with Crippen LogP contribution in [0, 0.1) is 0 Å². The van der Waals surface area contributed by atoms with E-state index in [9.17, 15) is 0 Å². The summed E-state index contributed by atoms with van der Waals surface area (Å²) < 4.78 is 0. The van der Waals surface area contributed by atoms with Crippen molar-refractivity contribution in [1.82, 2.24) is 24.8 Å². The fraction of sp³-hybridized carbons (Fsp3) is 0.400. The molecular formula is C25H34Cl3N9. The second-order valence-corrected chi connectivity index (χ2v) is 10.4. The van der Waals surface area contributed by atoms with Crippen LogP contribution < -0.4 is 21.3 Å². The number of hydrogen-bond acceptors (Lipinski definition) is 9. The van der Waals surface area contributed by atoms with Crippen LogP contribution in [0.4, 0.5) is 34.9 Å². The van der Waals surface area contributed by atoms with E-state index in [0.29, 0.717) is 44.3 Å². The van der Waals surface area contributed by atoms with Crippen molar-refractivity contribution in [2.75, 3.05) is 75.6 Å². The van der Waals surface area contributed by atoms with Crippen molar-refractivity contribution < 1.29 is 0 Å². The van der Waals surface area contributed by atoms with E-state index in [4.69, 9.17) is 50.5 Å². The molecule has 0 aliphatic rings. The van der Waals surface area contributed by atoms with Crippen LogP contribution in [0.5, 0.6) is 0 Å². The van der Waals surface area contributed by atoms with E-state index in [0.717, 1.165) is 44.7 Å². The Labute approximate surface area is 233 Å². The zero-order chi connectivity index (χ0) is 26.9. The van der Waals surface area contributed by atoms with Gasteiger partial charge in [0.2, 0.25) is 17.8 Å². The Bertz CT molecular complexity index is 1120. The molecule has 2 aromatic carbocycles. The van der Waals surface area contributed by atoms with Crippen molar-refractivity contribution in [2.24, 2.45) is 0 Å². The van der Waals surface area contributed by atoms with E-state index in [2.05, 4.69) is 58.5 Å². The van der Waals surface area contributed by atoms with E-state index in [1.807, 2.05) is 12.1 Å². The van der Waals surface area contributed by atoms with Gasteiger partial charge in [0.05, 0.1) is 15.7 Å². The molecule has 0 saturated carbocycles. The molecule has 1 aromatic heterocycles. The second-order valence-electron chi connectivity index (χ2n) is 9.19. The van der Waals surface area contributed by atoms with Gasteiger partial charge in [-0.25, -0.2) is 0 Å². The molecule has 0 aliphatic heterocycles. The lowest BCUT2D eigenvalue weighted by atomic mass is 10.3. The zero-order valence-electron chi connectivity index (χ0n) is 21.6. The number of aromatic nitrogens is 3. The summed E-state index contributed by atoms with van der Waals surface area (Å²) in [6.07, 6.45) is 1.93. The first-order chi connectivity index (χ1) is 17.6. The maximum absolute atomic E-state index is 6.24. The Morgan fingerprint density at radius 3 is 1.68 bits per heavy atom. The molecule has 200 valence electrons. The van der Waals surface area contributed by atoms with Crippen LogP contribution in [0.3, 0.4) is 0 Å². The van der Waals surface area contributed by atoms with Crippen molar-refractivity contribution in [2.45, 2.75) is 12.8 Å². The minimum Gasteiger partial charge on any atom is -0.396 e. The van der Waals surface area contributed by atoms with Crippen LogP contribution in [-0.2, 0) is 0 Å². The van der Waals surface area contributed by atoms with Gasteiger partial charge in [-0.15, -0.1) is 0 Å². The lowest BCUT2D eigenvalue weighted by molar-refractivity contribution is 0.389. The van der Waals surface area contributed by atoms with Crippen LogP contribution in [0.15, 0.2) is 36.4 Å². The summed E-state index contributed by atoms with van der Waals surface area (Å²) in [7, 11) is 8.27. The summed E-state index contributed by atoms with van der Waals surface area (Å²) in [5.74, 6) is 1.32. The summed E-state index contributed by atoms with van der Waals surface area (Å²) in [6.45, 7) is 3.52. The average molecular weight is 567 g/mol. The third kappa shape index (κ3) is 9.36. The second kappa shape index (κ2) is 13.8. The Morgan fingerprint density at radius 1 is 0.703 bits per heavy atom. The number of benzene rings is 2. The van der Waals surface area contributed by atoms with Gasteiger partial charge in [0.15, 0.2) is 0 Å². The Balaban J connectivity index is 1.95. The number of nitrogens with zero attached hydrogens (tertiary/aromatic N) is 6. The van der Waals surface area contributed by atoms with Crippen molar-refractivity contribution >= 4 is 69.7 Å². The quantitative estimate of drug-likeness (QED) is 0.228. The van der Waals surface area contributed by atoms with E-state index >= 15 is 0 Å². The van der Waals surface area contributed by atoms with Crippen molar-refractivity contribution in [3.05, 3.63) is 51.5 Å². The van der Waals surface area contributed by atoms with Crippen molar-refractivity contribution in [1.29, 1.82) is 0 Å². The summed E-state index contributed by atoms with van der Waals surface area (Å²) in [6, 6.07) is 10.7. The third-order valence-electron chi connectivity index (χ3n) is 5.41. The topological polar surface area (TPSA) is 98.5 Å². The molecule has 4 N–H and O–H groups in total. The highest BCUT2D eigenvalue weighted by Gasteiger charge is 2.16. The molecule has 37 heavy (non-hydrogen) atoms. The van der Waals surface area contributed by atoms with Gasteiger partial charge >= 0.3 is 0 Å². The van der Waals surface area contributed by atoms with E-state index in [1.54, 1.807) is 24.3 Å². The summed E-state index contributed by atoms with van der Waals surface area (Å²) in [5.41, 5.74) is 7.64. The number of nitrogen functional groups attached to an aromatic ring is 1. The molecule has 0 aliphatic carbocycles. The molecule has 0 bridgehead atoms. The van der Waals surface area contributed by atoms with Gasteiger partial charge in [-0.1, -0.05) is 34.8 Å². The molecular weight excluding hydrogens is 533 g/mol. The van der Waals surface area contributed by atoms with E-state index in [1.165, 1.54) is 0 Å². The Hall–Kier alpha value is -2.56. The highest BCUT2D eigenvalue weighted by Crippen LogP contribution is 2.32. The SMILES string of the molecule is CN(C)CCCN(CCCN(C)C)c1nc(Nc2ccc(Cl)cc2)nc(Nc2cc(Cl)c(N)c(Cl)c2)n1. The maximum Gasteiger partial charge on any atom is 0.233 e. The minimum atomic E-state index is 0.322. The third-order valence-corrected chi connectivity index (χ3v) is 6.29. The summed E-state index contributed by atoms with van der Waals surface area (Å²) >= 11 is 18.5. The van der Waals surface area contributed by atoms with Crippen molar-refractivity contribution in [3.63, 3.8) is 0 Å². The number of rotatable bonds is 13. The molecule has 0 spiro atoms. The maximum atomic E-state index is 6.24. The molecule has 0 radical (unpaired) electrons. The molecule has 3 aromatic rings. The molecule has 0 unspecified atom stereocenters. The smallest absolute Gasteiger partial charge is 0.233 e. The zero-order valence-corrected chi connectivity index (χ0v) is 23.9. The molecule has 1 heterocycles. The highest BCUT2D eigenvalue weighted by atomic mass is 35.5. The Kier molecular flexibility index (Phi) is 10.8. The van der Waals surface area contributed by atoms with Gasteiger partial charge in [0, 0.05) is 29.5 Å². The van der Waals surface area contributed by atoms with Crippen LogP contribution in [0.2, 0.25) is 15.1 Å². The fourth-order valence-electron chi connectivity index (χ4n) is 3.53. The van der Waals surface area contributed by atoms with Crippen LogP contribution in [-0.4, -0.2) is 79.1 Å². The van der Waals surface area contributed by atoms with Gasteiger partial charge in [-0.3, -0.25) is 0 Å². The summed E-state index contributed by atoms with van der Waals surface area (Å²) in [5, 5.41) is 7.80. The lowest BCUT2D eigenvalue weighted by Crippen LogP contribution is -2.32.